The van der Waals surface area contributed by atoms with Crippen LogP contribution in [0.1, 0.15) is 51.4 Å². The van der Waals surface area contributed by atoms with Crippen molar-refractivity contribution >= 4 is 21.8 Å². The lowest BCUT2D eigenvalue weighted by atomic mass is 9.87. The molecule has 5 aromatic rings. The first-order chi connectivity index (χ1) is 15.7. The Morgan fingerprint density at radius 2 is 1.42 bits per heavy atom. The van der Waals surface area contributed by atoms with Gasteiger partial charge in [-0.1, -0.05) is 51.1 Å². The van der Waals surface area contributed by atoms with E-state index in [0.29, 0.717) is 0 Å². The van der Waals surface area contributed by atoms with E-state index < -0.39 is 0 Å². The summed E-state index contributed by atoms with van der Waals surface area (Å²) in [7, 11) is 0. The van der Waals surface area contributed by atoms with Crippen LogP contribution < -0.4 is 11.5 Å². The number of nitrogens with zero attached hydrogens (tertiary/aromatic N) is 2. The fourth-order valence-electron chi connectivity index (χ4n) is 4.07. The lowest BCUT2D eigenvalue weighted by Gasteiger charge is -2.24. The number of benzene rings is 3. The minimum absolute atomic E-state index is 0.0613. The molecule has 0 radical (unpaired) electrons. The molecule has 168 valence electrons. The molecule has 0 saturated carbocycles. The van der Waals surface area contributed by atoms with Crippen LogP contribution in [-0.4, -0.2) is 19.9 Å². The molecule has 0 bridgehead atoms. The summed E-state index contributed by atoms with van der Waals surface area (Å²) in [5.74, 6) is 1.62. The minimum atomic E-state index is -0.151. The predicted molar refractivity (Wildman–Crippen MR) is 136 cm³/mol. The topological polar surface area (TPSA) is 109 Å². The Balaban J connectivity index is 1.48. The summed E-state index contributed by atoms with van der Waals surface area (Å²) in [6.07, 6.45) is 1.84. The van der Waals surface area contributed by atoms with Gasteiger partial charge in [0.1, 0.15) is 11.6 Å². The summed E-state index contributed by atoms with van der Waals surface area (Å²) >= 11 is 0. The standard InChI is InChI=1S/C27H30N6/c1-15(28)25-30-14-23(33-25)20-8-7-16-11-17(5-6-18(16)12-20)19-9-10-21-22(13-19)32-26(31-21)24(29)27(2,3)4/h5-15,24H,28-29H2,1-4H3,(H,30,33)(H,31,32)/t15-,24+/m0/s1. The van der Waals surface area contributed by atoms with E-state index in [1.54, 1.807) is 0 Å². The maximum atomic E-state index is 6.41. The molecule has 2 heterocycles. The molecule has 0 fully saturated rings. The van der Waals surface area contributed by atoms with Gasteiger partial charge in [0.25, 0.3) is 0 Å². The molecule has 5 rings (SSSR count). The largest absolute Gasteiger partial charge is 0.341 e. The summed E-state index contributed by atoms with van der Waals surface area (Å²) in [5.41, 5.74) is 18.6. The Bertz CT molecular complexity index is 1450. The van der Waals surface area contributed by atoms with E-state index >= 15 is 0 Å². The van der Waals surface area contributed by atoms with Crippen molar-refractivity contribution in [2.24, 2.45) is 16.9 Å². The van der Waals surface area contributed by atoms with Gasteiger partial charge in [-0.2, -0.15) is 0 Å². The highest BCUT2D eigenvalue weighted by atomic mass is 15.0. The smallest absolute Gasteiger partial charge is 0.124 e. The van der Waals surface area contributed by atoms with E-state index in [0.717, 1.165) is 45.1 Å². The fourth-order valence-corrected chi connectivity index (χ4v) is 4.07. The summed E-state index contributed by atoms with van der Waals surface area (Å²) < 4.78 is 0. The van der Waals surface area contributed by atoms with Crippen molar-refractivity contribution in [2.45, 2.75) is 39.8 Å². The third-order valence-electron chi connectivity index (χ3n) is 6.24. The van der Waals surface area contributed by atoms with E-state index in [-0.39, 0.29) is 17.5 Å². The molecule has 33 heavy (non-hydrogen) atoms. The summed E-state index contributed by atoms with van der Waals surface area (Å²) in [6.45, 7) is 8.30. The van der Waals surface area contributed by atoms with Crippen molar-refractivity contribution in [3.63, 3.8) is 0 Å². The first kappa shape index (κ1) is 21.4. The third kappa shape index (κ3) is 4.03. The second-order valence-electron chi connectivity index (χ2n) is 9.95. The van der Waals surface area contributed by atoms with Crippen LogP contribution in [0.2, 0.25) is 0 Å². The molecule has 0 amide bonds. The van der Waals surface area contributed by atoms with Crippen molar-refractivity contribution < 1.29 is 0 Å². The molecule has 0 aliphatic heterocycles. The molecular formula is C27H30N6. The molecule has 0 aliphatic rings. The van der Waals surface area contributed by atoms with Crippen LogP contribution in [0, 0.1) is 5.41 Å². The first-order valence-electron chi connectivity index (χ1n) is 11.3. The number of nitrogens with two attached hydrogens (primary N) is 2. The lowest BCUT2D eigenvalue weighted by Crippen LogP contribution is -2.27. The van der Waals surface area contributed by atoms with E-state index in [9.17, 15) is 0 Å². The number of aromatic amines is 2. The molecule has 0 unspecified atom stereocenters. The molecule has 0 spiro atoms. The number of fused-ring (bicyclic) bond motifs is 2. The van der Waals surface area contributed by atoms with Crippen LogP contribution in [0.25, 0.3) is 44.2 Å². The Labute approximate surface area is 193 Å². The highest BCUT2D eigenvalue weighted by Crippen LogP contribution is 2.32. The quantitative estimate of drug-likeness (QED) is 0.283. The van der Waals surface area contributed by atoms with Gasteiger partial charge in [-0.05, 0) is 58.5 Å². The summed E-state index contributed by atoms with van der Waals surface area (Å²) in [4.78, 5) is 15.8. The third-order valence-corrected chi connectivity index (χ3v) is 6.24. The fraction of sp³-hybridized carbons (Fsp3) is 0.259. The number of imidazole rings is 2. The Morgan fingerprint density at radius 1 is 0.788 bits per heavy atom. The van der Waals surface area contributed by atoms with Gasteiger partial charge in [-0.3, -0.25) is 0 Å². The molecular weight excluding hydrogens is 408 g/mol. The molecule has 0 aliphatic carbocycles. The first-order valence-corrected chi connectivity index (χ1v) is 11.3. The van der Waals surface area contributed by atoms with Gasteiger partial charge in [-0.15, -0.1) is 0 Å². The zero-order valence-electron chi connectivity index (χ0n) is 19.5. The summed E-state index contributed by atoms with van der Waals surface area (Å²) in [5, 5.41) is 2.36. The normalized spacial score (nSPS) is 14.1. The number of aromatic nitrogens is 4. The zero-order chi connectivity index (χ0) is 23.3. The van der Waals surface area contributed by atoms with Gasteiger partial charge in [0.15, 0.2) is 0 Å². The number of nitrogens with one attached hydrogen (secondary N) is 2. The molecule has 0 saturated heterocycles. The van der Waals surface area contributed by atoms with E-state index in [4.69, 9.17) is 16.5 Å². The monoisotopic (exact) mass is 438 g/mol. The lowest BCUT2D eigenvalue weighted by molar-refractivity contribution is 0.317. The van der Waals surface area contributed by atoms with Crippen LogP contribution in [0.15, 0.2) is 60.8 Å². The highest BCUT2D eigenvalue weighted by molar-refractivity contribution is 5.91. The summed E-state index contributed by atoms with van der Waals surface area (Å²) in [6, 6.07) is 19.0. The second kappa shape index (κ2) is 7.83. The van der Waals surface area contributed by atoms with Crippen molar-refractivity contribution in [1.82, 2.24) is 19.9 Å². The molecule has 2 atom stereocenters. The van der Waals surface area contributed by atoms with Crippen LogP contribution in [0.4, 0.5) is 0 Å². The average Bonchev–Trinajstić information content (AvgIpc) is 3.44. The number of rotatable bonds is 4. The van der Waals surface area contributed by atoms with Gasteiger partial charge >= 0.3 is 0 Å². The van der Waals surface area contributed by atoms with Crippen molar-refractivity contribution in [1.29, 1.82) is 0 Å². The van der Waals surface area contributed by atoms with Gasteiger partial charge in [0, 0.05) is 5.56 Å². The van der Waals surface area contributed by atoms with Crippen LogP contribution in [0.5, 0.6) is 0 Å². The Kier molecular flexibility index (Phi) is 5.07. The van der Waals surface area contributed by atoms with E-state index in [1.807, 2.05) is 13.1 Å². The predicted octanol–water partition coefficient (Wildman–Crippen LogP) is 5.84. The minimum Gasteiger partial charge on any atom is -0.341 e. The molecule has 6 N–H and O–H groups in total. The molecule has 6 heteroatoms. The van der Waals surface area contributed by atoms with Gasteiger partial charge < -0.3 is 21.4 Å². The zero-order valence-corrected chi connectivity index (χ0v) is 19.5. The SMILES string of the molecule is C[C@H](N)c1ncc(-c2ccc3cc(-c4ccc5nc([C@@H](N)C(C)(C)C)[nH]c5c4)ccc3c2)[nH]1. The van der Waals surface area contributed by atoms with E-state index in [2.05, 4.69) is 90.3 Å². The van der Waals surface area contributed by atoms with Crippen LogP contribution in [0.3, 0.4) is 0 Å². The molecule has 6 nitrogen and oxygen atoms in total. The molecule has 3 aromatic carbocycles. The molecule has 2 aromatic heterocycles. The van der Waals surface area contributed by atoms with Crippen LogP contribution in [-0.2, 0) is 0 Å². The van der Waals surface area contributed by atoms with Gasteiger partial charge in [0.05, 0.1) is 35.0 Å². The second-order valence-corrected chi connectivity index (χ2v) is 9.95. The maximum Gasteiger partial charge on any atom is 0.124 e. The van der Waals surface area contributed by atoms with E-state index in [1.165, 1.54) is 10.8 Å². The van der Waals surface area contributed by atoms with Crippen molar-refractivity contribution in [3.05, 3.63) is 72.4 Å². The number of hydrogen-bond acceptors (Lipinski definition) is 4. The van der Waals surface area contributed by atoms with Gasteiger partial charge in [0.2, 0.25) is 0 Å². The van der Waals surface area contributed by atoms with Crippen molar-refractivity contribution in [3.8, 4) is 22.4 Å². The number of H-pyrrole nitrogens is 2. The van der Waals surface area contributed by atoms with Crippen LogP contribution >= 0.6 is 0 Å². The maximum absolute atomic E-state index is 6.41. The highest BCUT2D eigenvalue weighted by Gasteiger charge is 2.25. The van der Waals surface area contributed by atoms with Gasteiger partial charge in [-0.25, -0.2) is 9.97 Å². The number of hydrogen-bond donors (Lipinski definition) is 4. The average molecular weight is 439 g/mol. The Morgan fingerprint density at radius 3 is 2.09 bits per heavy atom. The van der Waals surface area contributed by atoms with Crippen molar-refractivity contribution in [2.75, 3.05) is 0 Å². The Hall–Kier alpha value is -3.48.